The van der Waals surface area contributed by atoms with Gasteiger partial charge in [0.05, 0.1) is 20.1 Å². The Morgan fingerprint density at radius 2 is 2.62 bits per heavy atom. The summed E-state index contributed by atoms with van der Waals surface area (Å²) >= 11 is 1.70. The second-order valence-corrected chi connectivity index (χ2v) is 3.88. The number of rotatable bonds is 3. The monoisotopic (exact) mass is 202 g/mol. The Bertz CT molecular complexity index is 218. The number of nitrogens with zero attached hydrogens (tertiary/aromatic N) is 1. The van der Waals surface area contributed by atoms with Crippen LogP contribution in [-0.2, 0) is 9.53 Å². The van der Waals surface area contributed by atoms with Gasteiger partial charge in [-0.3, -0.25) is 9.79 Å². The van der Waals surface area contributed by atoms with Gasteiger partial charge in [0.25, 0.3) is 0 Å². The Kier molecular flexibility index (Phi) is 4.08. The molecule has 0 aromatic heterocycles. The number of aliphatic imine (C=N–C) groups is 1. The highest BCUT2D eigenvalue weighted by Gasteiger charge is 2.14. The molecule has 1 rings (SSSR count). The van der Waals surface area contributed by atoms with Gasteiger partial charge < -0.3 is 10.1 Å². The zero-order valence-corrected chi connectivity index (χ0v) is 8.69. The fourth-order valence-electron chi connectivity index (χ4n) is 0.940. The Hall–Kier alpha value is -0.710. The van der Waals surface area contributed by atoms with Crippen LogP contribution in [-0.4, -0.2) is 36.6 Å². The molecule has 1 aliphatic heterocycles. The highest BCUT2D eigenvalue weighted by atomic mass is 32.2. The van der Waals surface area contributed by atoms with E-state index < -0.39 is 0 Å². The molecule has 0 bridgehead atoms. The quantitative estimate of drug-likeness (QED) is 0.682. The Morgan fingerprint density at radius 1 is 1.85 bits per heavy atom. The van der Waals surface area contributed by atoms with Gasteiger partial charge in [-0.1, -0.05) is 11.8 Å². The van der Waals surface area contributed by atoms with Crippen molar-refractivity contribution in [2.75, 3.05) is 19.4 Å². The number of carbonyl (C=O) groups excluding carboxylic acids is 1. The normalized spacial score (nSPS) is 24.5. The van der Waals surface area contributed by atoms with Crippen LogP contribution in [0.1, 0.15) is 13.3 Å². The van der Waals surface area contributed by atoms with Gasteiger partial charge in [0.2, 0.25) is 0 Å². The molecule has 0 amide bonds. The third-order valence-electron chi connectivity index (χ3n) is 1.64. The molecule has 0 aromatic carbocycles. The van der Waals surface area contributed by atoms with Gasteiger partial charge in [-0.05, 0) is 6.92 Å². The van der Waals surface area contributed by atoms with E-state index in [2.05, 4.69) is 22.0 Å². The number of carbonyl (C=O) groups is 1. The van der Waals surface area contributed by atoms with Crippen molar-refractivity contribution in [3.05, 3.63) is 0 Å². The minimum Gasteiger partial charge on any atom is -0.469 e. The smallest absolute Gasteiger partial charge is 0.307 e. The van der Waals surface area contributed by atoms with Crippen LogP contribution >= 0.6 is 11.8 Å². The van der Waals surface area contributed by atoms with Gasteiger partial charge in [0, 0.05) is 11.8 Å². The predicted molar refractivity (Wildman–Crippen MR) is 54.0 cm³/mol. The van der Waals surface area contributed by atoms with Crippen molar-refractivity contribution < 1.29 is 9.53 Å². The lowest BCUT2D eigenvalue weighted by Gasteiger charge is -2.00. The molecule has 74 valence electrons. The van der Waals surface area contributed by atoms with E-state index in [9.17, 15) is 4.79 Å². The van der Waals surface area contributed by atoms with Crippen molar-refractivity contribution in [3.63, 3.8) is 0 Å². The van der Waals surface area contributed by atoms with Gasteiger partial charge in [0.1, 0.15) is 0 Å². The number of methoxy groups -OCH3 is 1. The van der Waals surface area contributed by atoms with E-state index in [0.29, 0.717) is 19.0 Å². The highest BCUT2D eigenvalue weighted by Crippen LogP contribution is 2.12. The Balaban J connectivity index is 2.21. The summed E-state index contributed by atoms with van der Waals surface area (Å²) in [6.07, 6.45) is 0.358. The maximum atomic E-state index is 10.7. The number of amidine groups is 1. The van der Waals surface area contributed by atoms with Gasteiger partial charge in [-0.25, -0.2) is 0 Å². The average molecular weight is 202 g/mol. The summed E-state index contributed by atoms with van der Waals surface area (Å²) in [5.41, 5.74) is 0. The first-order valence-corrected chi connectivity index (χ1v) is 5.21. The third kappa shape index (κ3) is 3.67. The van der Waals surface area contributed by atoms with Crippen molar-refractivity contribution in [3.8, 4) is 0 Å². The van der Waals surface area contributed by atoms with Crippen LogP contribution in [0.5, 0.6) is 0 Å². The number of hydrogen-bond donors (Lipinski definition) is 1. The summed E-state index contributed by atoms with van der Waals surface area (Å²) in [5, 5.41) is 4.15. The molecule has 1 unspecified atom stereocenters. The largest absolute Gasteiger partial charge is 0.469 e. The zero-order chi connectivity index (χ0) is 9.68. The SMILES string of the molecule is COC(=O)CCN=C1NC(C)CS1. The van der Waals surface area contributed by atoms with E-state index in [-0.39, 0.29) is 5.97 Å². The highest BCUT2D eigenvalue weighted by molar-refractivity contribution is 8.14. The minimum atomic E-state index is -0.208. The van der Waals surface area contributed by atoms with Gasteiger partial charge >= 0.3 is 5.97 Å². The maximum Gasteiger partial charge on any atom is 0.307 e. The van der Waals surface area contributed by atoms with Crippen molar-refractivity contribution in [1.82, 2.24) is 5.32 Å². The first-order valence-electron chi connectivity index (χ1n) is 4.23. The molecule has 0 aromatic rings. The van der Waals surface area contributed by atoms with E-state index in [1.165, 1.54) is 7.11 Å². The van der Waals surface area contributed by atoms with E-state index in [1.54, 1.807) is 11.8 Å². The van der Waals surface area contributed by atoms with Crippen molar-refractivity contribution >= 4 is 22.9 Å². The molecule has 0 radical (unpaired) electrons. The summed E-state index contributed by atoms with van der Waals surface area (Å²) in [4.78, 5) is 15.0. The third-order valence-corrected chi connectivity index (χ3v) is 2.83. The molecule has 1 atom stereocenters. The Morgan fingerprint density at radius 3 is 3.15 bits per heavy atom. The fourth-order valence-corrected chi connectivity index (χ4v) is 1.90. The summed E-state index contributed by atoms with van der Waals surface area (Å²) in [5.74, 6) is 0.845. The number of hydrogen-bond acceptors (Lipinski definition) is 4. The molecule has 4 nitrogen and oxygen atoms in total. The van der Waals surface area contributed by atoms with Crippen LogP contribution in [0.4, 0.5) is 0 Å². The minimum absolute atomic E-state index is 0.208. The lowest BCUT2D eigenvalue weighted by molar-refractivity contribution is -0.140. The Labute approximate surface area is 82.1 Å². The first-order chi connectivity index (χ1) is 6.22. The van der Waals surface area contributed by atoms with Gasteiger partial charge in [-0.2, -0.15) is 0 Å². The molecule has 1 N–H and O–H groups in total. The molecule has 1 fully saturated rings. The molecule has 1 saturated heterocycles. The van der Waals surface area contributed by atoms with E-state index >= 15 is 0 Å². The van der Waals surface area contributed by atoms with Crippen LogP contribution in [0.2, 0.25) is 0 Å². The topological polar surface area (TPSA) is 50.7 Å². The van der Waals surface area contributed by atoms with Crippen LogP contribution in [0.15, 0.2) is 4.99 Å². The number of esters is 1. The summed E-state index contributed by atoms with van der Waals surface area (Å²) < 4.78 is 4.50. The van der Waals surface area contributed by atoms with Crippen molar-refractivity contribution in [2.45, 2.75) is 19.4 Å². The molecule has 0 saturated carbocycles. The molecular weight excluding hydrogens is 188 g/mol. The fraction of sp³-hybridized carbons (Fsp3) is 0.750. The van der Waals surface area contributed by atoms with Crippen LogP contribution < -0.4 is 5.32 Å². The van der Waals surface area contributed by atoms with Crippen LogP contribution in [0, 0.1) is 0 Å². The molecule has 13 heavy (non-hydrogen) atoms. The van der Waals surface area contributed by atoms with Crippen LogP contribution in [0.3, 0.4) is 0 Å². The van der Waals surface area contributed by atoms with Crippen molar-refractivity contribution in [1.29, 1.82) is 0 Å². The average Bonchev–Trinajstić information content (AvgIpc) is 2.51. The predicted octanol–water partition coefficient (Wildman–Crippen LogP) is 0.630. The number of nitrogens with one attached hydrogen (secondary N) is 1. The van der Waals surface area contributed by atoms with E-state index in [0.717, 1.165) is 10.9 Å². The molecular formula is C8H14N2O2S. The lowest BCUT2D eigenvalue weighted by atomic mass is 10.4. The lowest BCUT2D eigenvalue weighted by Crippen LogP contribution is -2.23. The summed E-state index contributed by atoms with van der Waals surface area (Å²) in [6.45, 7) is 2.62. The molecule has 0 spiro atoms. The van der Waals surface area contributed by atoms with Crippen LogP contribution in [0.25, 0.3) is 0 Å². The van der Waals surface area contributed by atoms with Gasteiger partial charge in [-0.15, -0.1) is 0 Å². The second-order valence-electron chi connectivity index (χ2n) is 2.87. The molecule has 1 heterocycles. The maximum absolute atomic E-state index is 10.7. The molecule has 1 aliphatic rings. The van der Waals surface area contributed by atoms with Gasteiger partial charge in [0.15, 0.2) is 5.17 Å². The van der Waals surface area contributed by atoms with Crippen molar-refractivity contribution in [2.24, 2.45) is 4.99 Å². The van der Waals surface area contributed by atoms with E-state index in [4.69, 9.17) is 0 Å². The number of thioether (sulfide) groups is 1. The zero-order valence-electron chi connectivity index (χ0n) is 7.87. The standard InChI is InChI=1S/C8H14N2O2S/c1-6-5-13-8(10-6)9-4-3-7(11)12-2/h6H,3-5H2,1-2H3,(H,9,10). The number of ether oxygens (including phenoxy) is 1. The first kappa shape index (κ1) is 10.4. The summed E-state index contributed by atoms with van der Waals surface area (Å²) in [6, 6.07) is 0.488. The summed E-state index contributed by atoms with van der Waals surface area (Å²) in [7, 11) is 1.39. The second kappa shape index (κ2) is 5.11. The molecule has 0 aliphatic carbocycles. The van der Waals surface area contributed by atoms with E-state index in [1.807, 2.05) is 0 Å². The molecule has 5 heteroatoms.